The van der Waals surface area contributed by atoms with Crippen LogP contribution in [0.3, 0.4) is 0 Å². The third kappa shape index (κ3) is 3.10. The van der Waals surface area contributed by atoms with E-state index in [4.69, 9.17) is 11.1 Å². The molecule has 3 rings (SSSR count). The maximum absolute atomic E-state index is 7.65. The van der Waals surface area contributed by atoms with E-state index < -0.39 is 0 Å². The van der Waals surface area contributed by atoms with Crippen LogP contribution in [0.15, 0.2) is 29.4 Å². The minimum absolute atomic E-state index is 0.117. The Morgan fingerprint density at radius 3 is 2.95 bits per heavy atom. The summed E-state index contributed by atoms with van der Waals surface area (Å²) in [7, 11) is 0. The highest BCUT2D eigenvalue weighted by Gasteiger charge is 2.15. The number of hydrogen-bond donors (Lipinski definition) is 2. The highest BCUT2D eigenvalue weighted by atomic mass is 32.2. The minimum Gasteiger partial charge on any atom is -0.384 e. The van der Waals surface area contributed by atoms with Gasteiger partial charge in [0.05, 0.1) is 0 Å². The van der Waals surface area contributed by atoms with E-state index in [1.807, 2.05) is 24.3 Å². The smallest absolute Gasteiger partial charge is 0.191 e. The first-order valence-electron chi connectivity index (χ1n) is 7.23. The molecule has 1 aliphatic rings. The van der Waals surface area contributed by atoms with Gasteiger partial charge in [-0.25, -0.2) is 0 Å². The quantitative estimate of drug-likeness (QED) is 0.517. The molecule has 5 nitrogen and oxygen atoms in total. The molecule has 2 heterocycles. The van der Waals surface area contributed by atoms with Crippen LogP contribution in [-0.4, -0.2) is 20.6 Å². The van der Waals surface area contributed by atoms with Gasteiger partial charge in [0.15, 0.2) is 5.16 Å². The summed E-state index contributed by atoms with van der Waals surface area (Å²) in [5, 5.41) is 17.3. The van der Waals surface area contributed by atoms with Crippen LogP contribution in [0.4, 0.5) is 0 Å². The molecule has 6 heteroatoms. The molecule has 1 aliphatic heterocycles. The Labute approximate surface area is 128 Å². The first kappa shape index (κ1) is 14.1. The van der Waals surface area contributed by atoms with Crippen molar-refractivity contribution in [3.05, 3.63) is 41.2 Å². The van der Waals surface area contributed by atoms with Crippen LogP contribution in [0.5, 0.6) is 0 Å². The summed E-state index contributed by atoms with van der Waals surface area (Å²) >= 11 is 1.67. The molecule has 1 aromatic carbocycles. The first-order chi connectivity index (χ1) is 10.3. The van der Waals surface area contributed by atoms with Gasteiger partial charge in [-0.05, 0) is 18.4 Å². The Balaban J connectivity index is 1.77. The predicted octanol–water partition coefficient (Wildman–Crippen LogP) is 2.58. The molecule has 0 spiro atoms. The number of aromatic nitrogens is 3. The number of benzene rings is 1. The van der Waals surface area contributed by atoms with Crippen LogP contribution >= 0.6 is 11.8 Å². The molecule has 0 amide bonds. The Morgan fingerprint density at radius 1 is 1.24 bits per heavy atom. The second-order valence-electron chi connectivity index (χ2n) is 5.22. The van der Waals surface area contributed by atoms with E-state index in [0.717, 1.165) is 40.8 Å². The van der Waals surface area contributed by atoms with Crippen molar-refractivity contribution in [3.8, 4) is 0 Å². The van der Waals surface area contributed by atoms with Crippen molar-refractivity contribution >= 4 is 17.6 Å². The summed E-state index contributed by atoms with van der Waals surface area (Å²) in [5.74, 6) is 1.98. The van der Waals surface area contributed by atoms with Crippen LogP contribution in [0, 0.1) is 5.41 Å². The van der Waals surface area contributed by atoms with Crippen LogP contribution < -0.4 is 5.73 Å². The standard InChI is InChI=1S/C15H19N5S/c16-14(17)12-7-4-3-6-11(12)10-21-15-19-18-13-8-2-1-5-9-20(13)15/h3-4,6-7H,1-2,5,8-10H2,(H3,16,17). The van der Waals surface area contributed by atoms with Crippen molar-refractivity contribution in [2.45, 2.75) is 43.1 Å². The van der Waals surface area contributed by atoms with E-state index in [0.29, 0.717) is 0 Å². The molecule has 110 valence electrons. The average molecular weight is 301 g/mol. The summed E-state index contributed by atoms with van der Waals surface area (Å²) in [5.41, 5.74) is 7.51. The molecule has 0 unspecified atom stereocenters. The second kappa shape index (κ2) is 6.30. The largest absolute Gasteiger partial charge is 0.384 e. The fourth-order valence-corrected chi connectivity index (χ4v) is 3.60. The lowest BCUT2D eigenvalue weighted by Gasteiger charge is -2.09. The third-order valence-corrected chi connectivity index (χ3v) is 4.76. The lowest BCUT2D eigenvalue weighted by Crippen LogP contribution is -2.13. The molecule has 0 bridgehead atoms. The maximum atomic E-state index is 7.65. The Hall–Kier alpha value is -1.82. The SMILES string of the molecule is N=C(N)c1ccccc1CSc1nnc2n1CCCCC2. The highest BCUT2D eigenvalue weighted by molar-refractivity contribution is 7.98. The van der Waals surface area contributed by atoms with Gasteiger partial charge in [0.25, 0.3) is 0 Å². The Bertz CT molecular complexity index is 649. The lowest BCUT2D eigenvalue weighted by molar-refractivity contribution is 0.591. The number of nitrogens with two attached hydrogens (primary N) is 1. The highest BCUT2D eigenvalue weighted by Crippen LogP contribution is 2.25. The number of fused-ring (bicyclic) bond motifs is 1. The van der Waals surface area contributed by atoms with Gasteiger partial charge in [-0.3, -0.25) is 5.41 Å². The molecule has 0 aliphatic carbocycles. The Kier molecular flexibility index (Phi) is 4.24. The van der Waals surface area contributed by atoms with E-state index in [9.17, 15) is 0 Å². The normalized spacial score (nSPS) is 14.5. The first-order valence-corrected chi connectivity index (χ1v) is 8.21. The molecule has 0 atom stereocenters. The topological polar surface area (TPSA) is 80.6 Å². The zero-order valence-corrected chi connectivity index (χ0v) is 12.7. The monoisotopic (exact) mass is 301 g/mol. The van der Waals surface area contributed by atoms with Crippen LogP contribution in [0.2, 0.25) is 0 Å². The molecule has 0 saturated carbocycles. The van der Waals surface area contributed by atoms with Gasteiger partial charge in [0, 0.05) is 24.3 Å². The van der Waals surface area contributed by atoms with Crippen LogP contribution in [0.1, 0.15) is 36.2 Å². The molecule has 1 aromatic heterocycles. The zero-order valence-electron chi connectivity index (χ0n) is 11.9. The number of rotatable bonds is 4. The molecular formula is C15H19N5S. The number of aryl methyl sites for hydroxylation is 1. The second-order valence-corrected chi connectivity index (χ2v) is 6.16. The van der Waals surface area contributed by atoms with Gasteiger partial charge < -0.3 is 10.3 Å². The summed E-state index contributed by atoms with van der Waals surface area (Å²) in [6.07, 6.45) is 4.69. The van der Waals surface area contributed by atoms with Crippen molar-refractivity contribution < 1.29 is 0 Å². The van der Waals surface area contributed by atoms with E-state index in [-0.39, 0.29) is 5.84 Å². The molecule has 2 aromatic rings. The van der Waals surface area contributed by atoms with E-state index in [1.165, 1.54) is 19.3 Å². The van der Waals surface area contributed by atoms with Gasteiger partial charge in [-0.1, -0.05) is 42.4 Å². The van der Waals surface area contributed by atoms with E-state index >= 15 is 0 Å². The predicted molar refractivity (Wildman–Crippen MR) is 84.6 cm³/mol. The fourth-order valence-electron chi connectivity index (χ4n) is 2.62. The number of nitrogens with zero attached hydrogens (tertiary/aromatic N) is 3. The van der Waals surface area contributed by atoms with Crippen molar-refractivity contribution in [2.24, 2.45) is 5.73 Å². The summed E-state index contributed by atoms with van der Waals surface area (Å²) < 4.78 is 2.24. The van der Waals surface area contributed by atoms with Gasteiger partial charge in [0.2, 0.25) is 0 Å². The summed E-state index contributed by atoms with van der Waals surface area (Å²) in [4.78, 5) is 0. The molecule has 0 saturated heterocycles. The van der Waals surface area contributed by atoms with Crippen molar-refractivity contribution in [1.82, 2.24) is 14.8 Å². The van der Waals surface area contributed by atoms with E-state index in [1.54, 1.807) is 11.8 Å². The fraction of sp³-hybridized carbons (Fsp3) is 0.400. The van der Waals surface area contributed by atoms with Gasteiger partial charge in [0.1, 0.15) is 11.7 Å². The van der Waals surface area contributed by atoms with Crippen molar-refractivity contribution in [2.75, 3.05) is 0 Å². The van der Waals surface area contributed by atoms with Gasteiger partial charge >= 0.3 is 0 Å². The number of hydrogen-bond acceptors (Lipinski definition) is 4. The van der Waals surface area contributed by atoms with Crippen LogP contribution in [0.25, 0.3) is 0 Å². The molecule has 0 fully saturated rings. The van der Waals surface area contributed by atoms with Gasteiger partial charge in [-0.2, -0.15) is 0 Å². The lowest BCUT2D eigenvalue weighted by atomic mass is 10.1. The zero-order chi connectivity index (χ0) is 14.7. The maximum Gasteiger partial charge on any atom is 0.191 e. The average Bonchev–Trinajstić information content (AvgIpc) is 2.72. The summed E-state index contributed by atoms with van der Waals surface area (Å²) in [6.45, 7) is 1.01. The third-order valence-electron chi connectivity index (χ3n) is 3.74. The number of amidine groups is 1. The van der Waals surface area contributed by atoms with Crippen molar-refractivity contribution in [3.63, 3.8) is 0 Å². The van der Waals surface area contributed by atoms with Crippen molar-refractivity contribution in [1.29, 1.82) is 5.41 Å². The number of nitrogen functional groups attached to an aromatic ring is 1. The number of thioether (sulfide) groups is 1. The van der Waals surface area contributed by atoms with Crippen LogP contribution in [-0.2, 0) is 18.7 Å². The van der Waals surface area contributed by atoms with Gasteiger partial charge in [-0.15, -0.1) is 10.2 Å². The Morgan fingerprint density at radius 2 is 2.10 bits per heavy atom. The molecule has 0 radical (unpaired) electrons. The minimum atomic E-state index is 0.117. The van der Waals surface area contributed by atoms with E-state index in [2.05, 4.69) is 14.8 Å². The molecule has 21 heavy (non-hydrogen) atoms. The molecular weight excluding hydrogens is 282 g/mol. The molecule has 3 N–H and O–H groups in total. The summed E-state index contributed by atoms with van der Waals surface area (Å²) in [6, 6.07) is 7.80. The number of nitrogens with one attached hydrogen (secondary N) is 1.